The molecule has 0 aliphatic carbocycles. The monoisotopic (exact) mass is 369 g/mol. The van der Waals surface area contributed by atoms with Gasteiger partial charge in [0.25, 0.3) is 0 Å². The molecular weight excluding hydrogens is 357 g/mol. The Kier molecular flexibility index (Phi) is 4.78. The third kappa shape index (κ3) is 3.18. The Balaban J connectivity index is 1.81. The lowest BCUT2D eigenvalue weighted by Gasteiger charge is -2.06. The van der Waals surface area contributed by atoms with Crippen LogP contribution in [0.25, 0.3) is 11.4 Å². The second kappa shape index (κ2) is 6.62. The van der Waals surface area contributed by atoms with E-state index in [1.165, 1.54) is 4.88 Å². The summed E-state index contributed by atoms with van der Waals surface area (Å²) in [5.41, 5.74) is 2.02. The van der Waals surface area contributed by atoms with Crippen molar-refractivity contribution in [1.29, 1.82) is 0 Å². The number of halogens is 2. The molecule has 2 heterocycles. The minimum atomic E-state index is 0.660. The van der Waals surface area contributed by atoms with Gasteiger partial charge in [-0.15, -0.1) is 21.5 Å². The molecular formula is C15H13Cl2N3S2. The van der Waals surface area contributed by atoms with E-state index in [2.05, 4.69) is 28.6 Å². The lowest BCUT2D eigenvalue weighted by molar-refractivity contribution is 0.794. The summed E-state index contributed by atoms with van der Waals surface area (Å²) in [5.74, 6) is 1.53. The first-order valence-electron chi connectivity index (χ1n) is 6.57. The minimum Gasteiger partial charge on any atom is -0.305 e. The van der Waals surface area contributed by atoms with Gasteiger partial charge in [-0.3, -0.25) is 0 Å². The van der Waals surface area contributed by atoms with Crippen LogP contribution >= 0.6 is 46.3 Å². The Morgan fingerprint density at radius 1 is 1.23 bits per heavy atom. The number of nitrogens with zero attached hydrogens (tertiary/aromatic N) is 3. The average molecular weight is 370 g/mol. The summed E-state index contributed by atoms with van der Waals surface area (Å²) >= 11 is 15.7. The SMILES string of the molecule is Cc1cc(-c2nnc(SCc3c(Cl)cccc3Cl)n2C)cs1. The molecule has 0 aliphatic rings. The molecule has 0 atom stereocenters. The fourth-order valence-electron chi connectivity index (χ4n) is 2.06. The third-order valence-electron chi connectivity index (χ3n) is 3.23. The predicted molar refractivity (Wildman–Crippen MR) is 95.1 cm³/mol. The van der Waals surface area contributed by atoms with Gasteiger partial charge in [-0.25, -0.2) is 0 Å². The first-order chi connectivity index (χ1) is 10.6. The molecule has 0 unspecified atom stereocenters. The van der Waals surface area contributed by atoms with Gasteiger partial charge in [-0.1, -0.05) is 41.0 Å². The summed E-state index contributed by atoms with van der Waals surface area (Å²) in [7, 11) is 1.97. The maximum atomic E-state index is 6.20. The van der Waals surface area contributed by atoms with Gasteiger partial charge in [-0.2, -0.15) is 0 Å². The number of rotatable bonds is 4. The van der Waals surface area contributed by atoms with Crippen LogP contribution in [0.5, 0.6) is 0 Å². The van der Waals surface area contributed by atoms with Gasteiger partial charge in [0.2, 0.25) is 0 Å². The molecule has 3 aromatic rings. The number of aromatic nitrogens is 3. The van der Waals surface area contributed by atoms with Crippen LogP contribution in [0.2, 0.25) is 10.0 Å². The first kappa shape index (κ1) is 15.9. The molecule has 114 valence electrons. The molecule has 0 amide bonds. The van der Waals surface area contributed by atoms with Gasteiger partial charge in [-0.05, 0) is 30.7 Å². The zero-order valence-electron chi connectivity index (χ0n) is 12.0. The molecule has 0 N–H and O–H groups in total. The summed E-state index contributed by atoms with van der Waals surface area (Å²) in [4.78, 5) is 1.26. The molecule has 0 fully saturated rings. The number of thioether (sulfide) groups is 1. The van der Waals surface area contributed by atoms with E-state index in [1.807, 2.05) is 29.8 Å². The van der Waals surface area contributed by atoms with Crippen molar-refractivity contribution in [2.75, 3.05) is 0 Å². The number of hydrogen-bond acceptors (Lipinski definition) is 4. The van der Waals surface area contributed by atoms with Crippen LogP contribution in [0.15, 0.2) is 34.8 Å². The van der Waals surface area contributed by atoms with Crippen molar-refractivity contribution in [2.45, 2.75) is 17.8 Å². The van der Waals surface area contributed by atoms with E-state index in [4.69, 9.17) is 23.2 Å². The second-order valence-corrected chi connectivity index (χ2v) is 7.67. The fraction of sp³-hybridized carbons (Fsp3) is 0.200. The van der Waals surface area contributed by atoms with Crippen molar-refractivity contribution in [1.82, 2.24) is 14.8 Å². The largest absolute Gasteiger partial charge is 0.305 e. The summed E-state index contributed by atoms with van der Waals surface area (Å²) in [6.07, 6.45) is 0. The fourth-order valence-corrected chi connectivity index (χ4v) is 4.39. The lowest BCUT2D eigenvalue weighted by atomic mass is 10.2. The van der Waals surface area contributed by atoms with E-state index >= 15 is 0 Å². The number of hydrogen-bond donors (Lipinski definition) is 0. The zero-order chi connectivity index (χ0) is 15.7. The molecule has 0 bridgehead atoms. The van der Waals surface area contributed by atoms with Crippen LogP contribution in [-0.2, 0) is 12.8 Å². The van der Waals surface area contributed by atoms with E-state index in [0.717, 1.165) is 22.1 Å². The topological polar surface area (TPSA) is 30.7 Å². The van der Waals surface area contributed by atoms with Gasteiger partial charge in [0.15, 0.2) is 11.0 Å². The summed E-state index contributed by atoms with van der Waals surface area (Å²) < 4.78 is 2.00. The van der Waals surface area contributed by atoms with Crippen LogP contribution in [0.1, 0.15) is 10.4 Å². The predicted octanol–water partition coefficient (Wildman–Crippen LogP) is 5.45. The first-order valence-corrected chi connectivity index (χ1v) is 9.19. The normalized spacial score (nSPS) is 11.1. The average Bonchev–Trinajstić information content (AvgIpc) is 3.05. The summed E-state index contributed by atoms with van der Waals surface area (Å²) in [5, 5.41) is 12.9. The van der Waals surface area contributed by atoms with Gasteiger partial charge in [0, 0.05) is 38.7 Å². The molecule has 0 radical (unpaired) electrons. The molecule has 22 heavy (non-hydrogen) atoms. The van der Waals surface area contributed by atoms with Crippen LogP contribution in [0.4, 0.5) is 0 Å². The molecule has 1 aromatic carbocycles. The zero-order valence-corrected chi connectivity index (χ0v) is 15.2. The highest BCUT2D eigenvalue weighted by Gasteiger charge is 2.14. The molecule has 0 spiro atoms. The third-order valence-corrected chi connectivity index (χ3v) is 5.85. The van der Waals surface area contributed by atoms with Gasteiger partial charge >= 0.3 is 0 Å². The highest BCUT2D eigenvalue weighted by atomic mass is 35.5. The van der Waals surface area contributed by atoms with E-state index in [0.29, 0.717) is 15.8 Å². The van der Waals surface area contributed by atoms with E-state index in [1.54, 1.807) is 23.1 Å². The van der Waals surface area contributed by atoms with Crippen molar-refractivity contribution in [3.63, 3.8) is 0 Å². The van der Waals surface area contributed by atoms with E-state index in [9.17, 15) is 0 Å². The Morgan fingerprint density at radius 2 is 1.95 bits per heavy atom. The molecule has 0 aliphatic heterocycles. The van der Waals surface area contributed by atoms with E-state index in [-0.39, 0.29) is 0 Å². The maximum absolute atomic E-state index is 6.20. The highest BCUT2D eigenvalue weighted by molar-refractivity contribution is 7.98. The van der Waals surface area contributed by atoms with Crippen molar-refractivity contribution >= 4 is 46.3 Å². The Hall–Kier alpha value is -1.01. The molecule has 7 heteroatoms. The minimum absolute atomic E-state index is 0.660. The Labute approximate surface area is 147 Å². The van der Waals surface area contributed by atoms with Crippen molar-refractivity contribution in [3.05, 3.63) is 50.1 Å². The lowest BCUT2D eigenvalue weighted by Crippen LogP contribution is -1.94. The second-order valence-electron chi connectivity index (χ2n) is 4.80. The number of thiophene rings is 1. The molecule has 0 saturated heterocycles. The molecule has 3 nitrogen and oxygen atoms in total. The number of aryl methyl sites for hydroxylation is 1. The van der Waals surface area contributed by atoms with Crippen LogP contribution in [0, 0.1) is 6.92 Å². The van der Waals surface area contributed by atoms with Crippen LogP contribution < -0.4 is 0 Å². The summed E-state index contributed by atoms with van der Waals surface area (Å²) in [6.45, 7) is 2.08. The highest BCUT2D eigenvalue weighted by Crippen LogP contribution is 2.32. The van der Waals surface area contributed by atoms with E-state index < -0.39 is 0 Å². The van der Waals surface area contributed by atoms with Crippen molar-refractivity contribution in [3.8, 4) is 11.4 Å². The van der Waals surface area contributed by atoms with Gasteiger partial charge in [0.1, 0.15) is 0 Å². The Morgan fingerprint density at radius 3 is 2.59 bits per heavy atom. The molecule has 3 rings (SSSR count). The van der Waals surface area contributed by atoms with Crippen LogP contribution in [-0.4, -0.2) is 14.8 Å². The smallest absolute Gasteiger partial charge is 0.191 e. The van der Waals surface area contributed by atoms with Crippen LogP contribution in [0.3, 0.4) is 0 Å². The van der Waals surface area contributed by atoms with Gasteiger partial charge < -0.3 is 4.57 Å². The van der Waals surface area contributed by atoms with Gasteiger partial charge in [0.05, 0.1) is 0 Å². The van der Waals surface area contributed by atoms with Crippen molar-refractivity contribution < 1.29 is 0 Å². The molecule has 0 saturated carbocycles. The maximum Gasteiger partial charge on any atom is 0.191 e. The number of benzene rings is 1. The Bertz CT molecular complexity index is 791. The molecule has 2 aromatic heterocycles. The van der Waals surface area contributed by atoms with Crippen molar-refractivity contribution in [2.24, 2.45) is 7.05 Å². The standard InChI is InChI=1S/C15H13Cl2N3S2/c1-9-6-10(7-21-9)14-18-19-15(20(14)2)22-8-11-12(16)4-3-5-13(11)17/h3-7H,8H2,1-2H3. The quantitative estimate of drug-likeness (QED) is 0.572. The summed E-state index contributed by atoms with van der Waals surface area (Å²) in [6, 6.07) is 7.66.